The van der Waals surface area contributed by atoms with Crippen LogP contribution in [0.15, 0.2) is 22.7 Å². The molecule has 1 heterocycles. The van der Waals surface area contributed by atoms with E-state index in [1.807, 2.05) is 25.1 Å². The lowest BCUT2D eigenvalue weighted by Crippen LogP contribution is -2.47. The quantitative estimate of drug-likeness (QED) is 0.927. The van der Waals surface area contributed by atoms with Gasteiger partial charge in [-0.1, -0.05) is 18.6 Å². The zero-order valence-corrected chi connectivity index (χ0v) is 13.2. The highest BCUT2D eigenvalue weighted by Crippen LogP contribution is 2.19. The zero-order valence-electron chi connectivity index (χ0n) is 11.6. The van der Waals surface area contributed by atoms with Crippen molar-refractivity contribution in [1.29, 1.82) is 0 Å². The molecule has 1 saturated heterocycles. The van der Waals surface area contributed by atoms with Crippen molar-refractivity contribution in [3.05, 3.63) is 33.8 Å². The Morgan fingerprint density at radius 2 is 2.32 bits per heavy atom. The average Bonchev–Trinajstić information content (AvgIpc) is 2.41. The van der Waals surface area contributed by atoms with E-state index in [4.69, 9.17) is 0 Å². The smallest absolute Gasteiger partial charge is 0.252 e. The summed E-state index contributed by atoms with van der Waals surface area (Å²) >= 11 is 3.45. The van der Waals surface area contributed by atoms with Crippen LogP contribution in [-0.4, -0.2) is 36.5 Å². The van der Waals surface area contributed by atoms with Gasteiger partial charge in [0.05, 0.1) is 5.56 Å². The number of amides is 1. The van der Waals surface area contributed by atoms with Gasteiger partial charge in [0, 0.05) is 17.1 Å². The summed E-state index contributed by atoms with van der Waals surface area (Å²) in [5.41, 5.74) is 1.83. The van der Waals surface area contributed by atoms with Crippen LogP contribution >= 0.6 is 15.9 Å². The van der Waals surface area contributed by atoms with Gasteiger partial charge < -0.3 is 10.2 Å². The predicted octanol–water partition coefficient (Wildman–Crippen LogP) is 2.97. The van der Waals surface area contributed by atoms with Crippen molar-refractivity contribution in [2.45, 2.75) is 32.7 Å². The summed E-state index contributed by atoms with van der Waals surface area (Å²) in [6, 6.07) is 6.14. The van der Waals surface area contributed by atoms with Crippen molar-refractivity contribution in [2.24, 2.45) is 0 Å². The first-order chi connectivity index (χ1) is 9.10. The molecule has 0 spiro atoms. The molecule has 1 aliphatic heterocycles. The molecule has 0 bridgehead atoms. The van der Waals surface area contributed by atoms with Gasteiger partial charge in [-0.2, -0.15) is 0 Å². The number of benzene rings is 1. The summed E-state index contributed by atoms with van der Waals surface area (Å²) in [5.74, 6) is 0.0264. The molecule has 0 saturated carbocycles. The molecule has 1 aliphatic rings. The van der Waals surface area contributed by atoms with E-state index in [1.165, 1.54) is 0 Å². The van der Waals surface area contributed by atoms with Crippen molar-refractivity contribution < 1.29 is 4.79 Å². The van der Waals surface area contributed by atoms with Gasteiger partial charge in [-0.05, 0) is 60.9 Å². The second-order valence-corrected chi connectivity index (χ2v) is 6.04. The third kappa shape index (κ3) is 3.80. The van der Waals surface area contributed by atoms with Crippen LogP contribution < -0.4 is 5.32 Å². The molecule has 2 rings (SSSR count). The molecule has 1 amide bonds. The first kappa shape index (κ1) is 14.5. The zero-order chi connectivity index (χ0) is 13.8. The second kappa shape index (κ2) is 6.53. The van der Waals surface area contributed by atoms with Gasteiger partial charge in [0.1, 0.15) is 0 Å². The lowest BCUT2D eigenvalue weighted by molar-refractivity contribution is 0.0905. The van der Waals surface area contributed by atoms with E-state index in [0.29, 0.717) is 0 Å². The number of nitrogens with one attached hydrogen (secondary N) is 1. The number of likely N-dealkylation sites (N-methyl/N-ethyl adjacent to an activating group) is 1. The third-order valence-corrected chi connectivity index (χ3v) is 4.35. The van der Waals surface area contributed by atoms with Crippen molar-refractivity contribution in [3.8, 4) is 0 Å². The van der Waals surface area contributed by atoms with E-state index in [-0.39, 0.29) is 11.9 Å². The Labute approximate surface area is 123 Å². The Balaban J connectivity index is 2.02. The van der Waals surface area contributed by atoms with Crippen molar-refractivity contribution >= 4 is 21.8 Å². The molecule has 4 heteroatoms. The number of halogens is 1. The van der Waals surface area contributed by atoms with Gasteiger partial charge in [-0.25, -0.2) is 0 Å². The Bertz CT molecular complexity index is 461. The molecule has 1 atom stereocenters. The largest absolute Gasteiger partial charge is 0.348 e. The summed E-state index contributed by atoms with van der Waals surface area (Å²) in [7, 11) is 0. The molecular formula is C15H21BrN2O. The summed E-state index contributed by atoms with van der Waals surface area (Å²) in [5, 5.41) is 3.16. The molecule has 1 aromatic rings. The molecule has 0 radical (unpaired) electrons. The number of carbonyl (C=O) groups is 1. The van der Waals surface area contributed by atoms with Crippen LogP contribution in [0, 0.1) is 6.92 Å². The summed E-state index contributed by atoms with van der Waals surface area (Å²) in [6.07, 6.45) is 2.24. The third-order valence-electron chi connectivity index (χ3n) is 3.65. The maximum Gasteiger partial charge on any atom is 0.252 e. The lowest BCUT2D eigenvalue weighted by Gasteiger charge is -2.32. The number of aryl methyl sites for hydroxylation is 1. The van der Waals surface area contributed by atoms with Gasteiger partial charge in [0.2, 0.25) is 0 Å². The standard InChI is InChI=1S/C15H21BrN2O/c1-3-18-8-4-5-12(10-18)17-15(19)13-9-11(2)6-7-14(13)16/h6-7,9,12H,3-5,8,10H2,1-2H3,(H,17,19). The van der Waals surface area contributed by atoms with Crippen molar-refractivity contribution in [3.63, 3.8) is 0 Å². The van der Waals surface area contributed by atoms with Crippen LogP contribution in [0.3, 0.4) is 0 Å². The Kier molecular flexibility index (Phi) is 4.99. The minimum Gasteiger partial charge on any atom is -0.348 e. The fourth-order valence-electron chi connectivity index (χ4n) is 2.54. The lowest BCUT2D eigenvalue weighted by atomic mass is 10.0. The van der Waals surface area contributed by atoms with Crippen LogP contribution in [0.1, 0.15) is 35.7 Å². The Morgan fingerprint density at radius 3 is 3.05 bits per heavy atom. The fourth-order valence-corrected chi connectivity index (χ4v) is 2.96. The molecule has 1 unspecified atom stereocenters. The van der Waals surface area contributed by atoms with Crippen molar-refractivity contribution in [2.75, 3.05) is 19.6 Å². The molecule has 19 heavy (non-hydrogen) atoms. The molecule has 3 nitrogen and oxygen atoms in total. The number of rotatable bonds is 3. The number of piperidine rings is 1. The van der Waals surface area contributed by atoms with Gasteiger partial charge in [0.15, 0.2) is 0 Å². The highest BCUT2D eigenvalue weighted by atomic mass is 79.9. The van der Waals surface area contributed by atoms with Gasteiger partial charge in [-0.15, -0.1) is 0 Å². The number of nitrogens with zero attached hydrogens (tertiary/aromatic N) is 1. The first-order valence-corrected chi connectivity index (χ1v) is 7.69. The first-order valence-electron chi connectivity index (χ1n) is 6.89. The highest BCUT2D eigenvalue weighted by Gasteiger charge is 2.21. The maximum absolute atomic E-state index is 12.3. The average molecular weight is 325 g/mol. The van der Waals surface area contributed by atoms with E-state index >= 15 is 0 Å². The summed E-state index contributed by atoms with van der Waals surface area (Å²) in [6.45, 7) is 7.34. The fraction of sp³-hybridized carbons (Fsp3) is 0.533. The Hall–Kier alpha value is -0.870. The number of hydrogen-bond donors (Lipinski definition) is 1. The van der Waals surface area contributed by atoms with E-state index in [2.05, 4.69) is 33.1 Å². The van der Waals surface area contributed by atoms with Crippen LogP contribution in [0.2, 0.25) is 0 Å². The monoisotopic (exact) mass is 324 g/mol. The topological polar surface area (TPSA) is 32.3 Å². The Morgan fingerprint density at radius 1 is 1.53 bits per heavy atom. The minimum atomic E-state index is 0.0264. The number of hydrogen-bond acceptors (Lipinski definition) is 2. The van der Waals surface area contributed by atoms with E-state index in [0.717, 1.165) is 48.1 Å². The van der Waals surface area contributed by atoms with E-state index in [1.54, 1.807) is 0 Å². The van der Waals surface area contributed by atoms with Crippen LogP contribution in [0.4, 0.5) is 0 Å². The summed E-state index contributed by atoms with van der Waals surface area (Å²) < 4.78 is 0.860. The molecular weight excluding hydrogens is 304 g/mol. The minimum absolute atomic E-state index is 0.0264. The van der Waals surface area contributed by atoms with Crippen LogP contribution in [0.5, 0.6) is 0 Å². The van der Waals surface area contributed by atoms with Crippen LogP contribution in [-0.2, 0) is 0 Å². The van der Waals surface area contributed by atoms with Gasteiger partial charge in [0.25, 0.3) is 5.91 Å². The van der Waals surface area contributed by atoms with E-state index < -0.39 is 0 Å². The predicted molar refractivity (Wildman–Crippen MR) is 81.5 cm³/mol. The molecule has 0 aromatic heterocycles. The van der Waals surface area contributed by atoms with Gasteiger partial charge in [-0.3, -0.25) is 4.79 Å². The summed E-state index contributed by atoms with van der Waals surface area (Å²) in [4.78, 5) is 14.7. The second-order valence-electron chi connectivity index (χ2n) is 5.19. The van der Waals surface area contributed by atoms with Crippen LogP contribution in [0.25, 0.3) is 0 Å². The molecule has 104 valence electrons. The van der Waals surface area contributed by atoms with Crippen molar-refractivity contribution in [1.82, 2.24) is 10.2 Å². The maximum atomic E-state index is 12.3. The number of likely N-dealkylation sites (tertiary alicyclic amines) is 1. The normalized spacial score (nSPS) is 20.3. The molecule has 0 aliphatic carbocycles. The molecule has 1 N–H and O–H groups in total. The van der Waals surface area contributed by atoms with Gasteiger partial charge >= 0.3 is 0 Å². The number of carbonyl (C=O) groups excluding carboxylic acids is 1. The SMILES string of the molecule is CCN1CCCC(NC(=O)c2cc(C)ccc2Br)C1. The highest BCUT2D eigenvalue weighted by molar-refractivity contribution is 9.10. The molecule has 1 aromatic carbocycles. The van der Waals surface area contributed by atoms with E-state index in [9.17, 15) is 4.79 Å². The molecule has 1 fully saturated rings.